The van der Waals surface area contributed by atoms with E-state index in [-0.39, 0.29) is 35.2 Å². The maximum atomic E-state index is 13.6. The summed E-state index contributed by atoms with van der Waals surface area (Å²) in [4.78, 5) is 24.8. The fourth-order valence-corrected chi connectivity index (χ4v) is 6.61. The molecule has 0 radical (unpaired) electrons. The topological polar surface area (TPSA) is 112 Å². The highest BCUT2D eigenvalue weighted by Gasteiger charge is 2.30. The molecule has 36 heavy (non-hydrogen) atoms. The molecule has 2 N–H and O–H groups in total. The number of Topliss-reactive ketones (excluding diaryl/α,β-unsaturated/α-hetero) is 1. The normalized spacial score (nSPS) is 16.9. The number of aromatic nitrogens is 2. The lowest BCUT2D eigenvalue weighted by molar-refractivity contribution is 0.0964. The first kappa shape index (κ1) is 24.1. The number of hydrogen-bond donors (Lipinski definition) is 1. The Morgan fingerprint density at radius 1 is 1.06 bits per heavy atom. The number of hydrogen-bond acceptors (Lipinski definition) is 5. The maximum Gasteiger partial charge on any atom is 0.248 e. The van der Waals surface area contributed by atoms with Crippen molar-refractivity contribution in [2.75, 3.05) is 11.5 Å². The number of rotatable bonds is 6. The zero-order valence-electron chi connectivity index (χ0n) is 18.9. The Hall–Kier alpha value is -3.56. The Balaban J connectivity index is 1.63. The third kappa shape index (κ3) is 4.64. The van der Waals surface area contributed by atoms with Crippen molar-refractivity contribution < 1.29 is 22.4 Å². The summed E-state index contributed by atoms with van der Waals surface area (Å²) in [5.74, 6) is -1.26. The number of nitrogens with zero attached hydrogens (tertiary/aromatic N) is 2. The Kier molecular flexibility index (Phi) is 6.13. The highest BCUT2D eigenvalue weighted by atomic mass is 35.5. The quantitative estimate of drug-likeness (QED) is 0.370. The van der Waals surface area contributed by atoms with Crippen LogP contribution in [0.15, 0.2) is 60.7 Å². The largest absolute Gasteiger partial charge is 0.366 e. The van der Waals surface area contributed by atoms with Crippen LogP contribution in [0.5, 0.6) is 0 Å². The van der Waals surface area contributed by atoms with Crippen molar-refractivity contribution >= 4 is 44.0 Å². The SMILES string of the molecule is NC(=O)c1ccc(Cl)c(-c2nn(-c3ccc(F)cc3)c3cc(C(=O)CC4CCS(=O)(=O)C4)ccc23)c1. The van der Waals surface area contributed by atoms with Gasteiger partial charge in [-0.05, 0) is 66.9 Å². The number of benzene rings is 3. The van der Waals surface area contributed by atoms with Crippen LogP contribution in [0.3, 0.4) is 0 Å². The Morgan fingerprint density at radius 3 is 2.44 bits per heavy atom. The predicted octanol–water partition coefficient (Wildman–Crippen LogP) is 4.59. The van der Waals surface area contributed by atoms with Gasteiger partial charge in [0.2, 0.25) is 5.91 Å². The summed E-state index contributed by atoms with van der Waals surface area (Å²) in [6.45, 7) is 0. The summed E-state index contributed by atoms with van der Waals surface area (Å²) in [5.41, 5.74) is 8.20. The van der Waals surface area contributed by atoms with Gasteiger partial charge in [0.1, 0.15) is 11.5 Å². The van der Waals surface area contributed by atoms with Crippen LogP contribution >= 0.6 is 11.6 Å². The first-order valence-electron chi connectivity index (χ1n) is 11.2. The number of primary amides is 1. The lowest BCUT2D eigenvalue weighted by Crippen LogP contribution is -2.11. The molecule has 7 nitrogen and oxygen atoms in total. The number of sulfone groups is 1. The van der Waals surface area contributed by atoms with E-state index in [1.807, 2.05) is 0 Å². The van der Waals surface area contributed by atoms with Crippen molar-refractivity contribution in [3.63, 3.8) is 0 Å². The molecule has 10 heteroatoms. The van der Waals surface area contributed by atoms with Crippen molar-refractivity contribution in [1.29, 1.82) is 0 Å². The van der Waals surface area contributed by atoms with Gasteiger partial charge in [0.15, 0.2) is 15.6 Å². The van der Waals surface area contributed by atoms with Gasteiger partial charge >= 0.3 is 0 Å². The molecule has 3 aromatic carbocycles. The lowest BCUT2D eigenvalue weighted by atomic mass is 9.96. The van der Waals surface area contributed by atoms with Crippen molar-refractivity contribution in [2.45, 2.75) is 12.8 Å². The van der Waals surface area contributed by atoms with Gasteiger partial charge in [-0.25, -0.2) is 17.5 Å². The zero-order valence-corrected chi connectivity index (χ0v) is 20.5. The summed E-state index contributed by atoms with van der Waals surface area (Å²) in [7, 11) is -3.09. The fourth-order valence-electron chi connectivity index (χ4n) is 4.54. The van der Waals surface area contributed by atoms with Gasteiger partial charge in [-0.1, -0.05) is 17.7 Å². The number of nitrogens with two attached hydrogens (primary N) is 1. The summed E-state index contributed by atoms with van der Waals surface area (Å²) >= 11 is 6.46. The minimum atomic E-state index is -3.09. The highest BCUT2D eigenvalue weighted by Crippen LogP contribution is 2.35. The van der Waals surface area contributed by atoms with Gasteiger partial charge in [-0.15, -0.1) is 0 Å². The van der Waals surface area contributed by atoms with E-state index in [9.17, 15) is 22.4 Å². The minimum Gasteiger partial charge on any atom is -0.366 e. The van der Waals surface area contributed by atoms with Gasteiger partial charge in [0, 0.05) is 28.5 Å². The van der Waals surface area contributed by atoms with Crippen molar-refractivity contribution in [3.8, 4) is 16.9 Å². The molecule has 1 saturated heterocycles. The molecule has 5 rings (SSSR count). The third-order valence-corrected chi connectivity index (χ3v) is 8.55. The molecular weight excluding hydrogens is 505 g/mol. The van der Waals surface area contributed by atoms with E-state index in [0.29, 0.717) is 44.9 Å². The Labute approximate surface area is 211 Å². The highest BCUT2D eigenvalue weighted by molar-refractivity contribution is 7.91. The smallest absolute Gasteiger partial charge is 0.248 e. The molecule has 1 unspecified atom stereocenters. The van der Waals surface area contributed by atoms with Crippen LogP contribution in [0.25, 0.3) is 27.8 Å². The van der Waals surface area contributed by atoms with Gasteiger partial charge in [-0.3, -0.25) is 9.59 Å². The molecule has 2 heterocycles. The van der Waals surface area contributed by atoms with E-state index in [4.69, 9.17) is 22.4 Å². The lowest BCUT2D eigenvalue weighted by Gasteiger charge is -2.08. The zero-order chi connectivity index (χ0) is 25.6. The molecule has 1 aliphatic heterocycles. The average molecular weight is 526 g/mol. The van der Waals surface area contributed by atoms with Crippen LogP contribution < -0.4 is 5.73 Å². The molecule has 1 fully saturated rings. The van der Waals surface area contributed by atoms with E-state index in [0.717, 1.165) is 0 Å². The molecule has 0 saturated carbocycles. The van der Waals surface area contributed by atoms with E-state index < -0.39 is 21.6 Å². The van der Waals surface area contributed by atoms with Crippen LogP contribution in [0.2, 0.25) is 5.02 Å². The Bertz CT molecular complexity index is 1630. The molecule has 1 aliphatic rings. The van der Waals surface area contributed by atoms with Crippen LogP contribution in [-0.2, 0) is 9.84 Å². The van der Waals surface area contributed by atoms with E-state index in [1.54, 1.807) is 47.1 Å². The molecule has 184 valence electrons. The number of fused-ring (bicyclic) bond motifs is 1. The van der Waals surface area contributed by atoms with Gasteiger partial charge in [0.25, 0.3) is 0 Å². The summed E-state index contributed by atoms with van der Waals surface area (Å²) < 4.78 is 38.8. The van der Waals surface area contributed by atoms with Crippen molar-refractivity contribution in [1.82, 2.24) is 9.78 Å². The minimum absolute atomic E-state index is 0.0212. The van der Waals surface area contributed by atoms with Crippen LogP contribution in [-0.4, -0.2) is 41.4 Å². The number of carbonyl (C=O) groups excluding carboxylic acids is 2. The van der Waals surface area contributed by atoms with E-state index >= 15 is 0 Å². The number of ketones is 1. The van der Waals surface area contributed by atoms with Crippen LogP contribution in [0, 0.1) is 11.7 Å². The van der Waals surface area contributed by atoms with Crippen LogP contribution in [0.1, 0.15) is 33.6 Å². The number of halogens is 2. The first-order chi connectivity index (χ1) is 17.1. The molecule has 1 atom stereocenters. The monoisotopic (exact) mass is 525 g/mol. The molecule has 1 amide bonds. The number of carbonyl (C=O) groups is 2. The van der Waals surface area contributed by atoms with Gasteiger partial charge in [0.05, 0.1) is 27.7 Å². The summed E-state index contributed by atoms with van der Waals surface area (Å²) in [6, 6.07) is 15.5. The van der Waals surface area contributed by atoms with E-state index in [1.165, 1.54) is 18.2 Å². The van der Waals surface area contributed by atoms with Gasteiger partial charge < -0.3 is 5.73 Å². The number of amides is 1. The van der Waals surface area contributed by atoms with Crippen molar-refractivity contribution in [3.05, 3.63) is 82.6 Å². The van der Waals surface area contributed by atoms with Gasteiger partial charge in [-0.2, -0.15) is 5.10 Å². The second-order valence-electron chi connectivity index (χ2n) is 8.92. The summed E-state index contributed by atoms with van der Waals surface area (Å²) in [5, 5.41) is 5.72. The predicted molar refractivity (Wildman–Crippen MR) is 136 cm³/mol. The maximum absolute atomic E-state index is 13.6. The Morgan fingerprint density at radius 2 is 1.78 bits per heavy atom. The fraction of sp³-hybridized carbons (Fsp3) is 0.192. The summed E-state index contributed by atoms with van der Waals surface area (Å²) in [6.07, 6.45) is 0.609. The molecule has 0 spiro atoms. The second-order valence-corrected chi connectivity index (χ2v) is 11.6. The van der Waals surface area contributed by atoms with Crippen LogP contribution in [0.4, 0.5) is 4.39 Å². The van der Waals surface area contributed by atoms with E-state index in [2.05, 4.69) is 0 Å². The first-order valence-corrected chi connectivity index (χ1v) is 13.4. The standard InChI is InChI=1S/C26H21ClFN3O4S/c27-22-8-2-17(26(29)33)12-21(22)25-20-7-1-16(24(32)11-15-9-10-36(34,35)14-15)13-23(20)31(30-25)19-5-3-18(28)4-6-19/h1-8,12-13,15H,9-11,14H2,(H2,29,33). The molecule has 0 aliphatic carbocycles. The average Bonchev–Trinajstić information content (AvgIpc) is 3.38. The molecule has 4 aromatic rings. The third-order valence-electron chi connectivity index (χ3n) is 6.38. The second kappa shape index (κ2) is 9.15. The molecular formula is C26H21ClFN3O4S. The molecule has 0 bridgehead atoms. The molecule has 1 aromatic heterocycles. The van der Waals surface area contributed by atoms with Crippen molar-refractivity contribution in [2.24, 2.45) is 11.7 Å².